The summed E-state index contributed by atoms with van der Waals surface area (Å²) < 4.78 is 0.901. The van der Waals surface area contributed by atoms with Gasteiger partial charge in [0, 0.05) is 4.43 Å². The van der Waals surface area contributed by atoms with Gasteiger partial charge in [0.1, 0.15) is 5.75 Å². The van der Waals surface area contributed by atoms with Gasteiger partial charge in [-0.05, 0) is 24.1 Å². The van der Waals surface area contributed by atoms with Crippen LogP contribution in [-0.4, -0.2) is 20.6 Å². The molecule has 0 spiro atoms. The standard InChI is InChI=1S/C9H9IO3/c10-4-3-6-1-2-7(9(12)13)5-8(6)11/h1-2,5,11H,3-4H2,(H,12,13). The second-order valence-electron chi connectivity index (χ2n) is 2.59. The monoisotopic (exact) mass is 292 g/mol. The normalized spacial score (nSPS) is 9.92. The first kappa shape index (κ1) is 10.3. The number of alkyl halides is 1. The van der Waals surface area contributed by atoms with Gasteiger partial charge >= 0.3 is 5.97 Å². The first-order valence-corrected chi connectivity index (χ1v) is 5.29. The first-order chi connectivity index (χ1) is 6.15. The highest BCUT2D eigenvalue weighted by atomic mass is 127. The lowest BCUT2D eigenvalue weighted by Crippen LogP contribution is -1.97. The number of phenols is 1. The number of phenolic OH excluding ortho intramolecular Hbond substituents is 1. The van der Waals surface area contributed by atoms with E-state index in [4.69, 9.17) is 5.11 Å². The summed E-state index contributed by atoms with van der Waals surface area (Å²) in [7, 11) is 0. The van der Waals surface area contributed by atoms with Gasteiger partial charge in [-0.25, -0.2) is 4.79 Å². The average Bonchev–Trinajstić information content (AvgIpc) is 2.08. The number of aryl methyl sites for hydroxylation is 1. The minimum atomic E-state index is -1.02. The number of aromatic hydroxyl groups is 1. The van der Waals surface area contributed by atoms with Gasteiger partial charge in [-0.1, -0.05) is 28.7 Å². The zero-order valence-corrected chi connectivity index (χ0v) is 8.98. The van der Waals surface area contributed by atoms with Crippen molar-refractivity contribution in [3.63, 3.8) is 0 Å². The van der Waals surface area contributed by atoms with Gasteiger partial charge in [-0.15, -0.1) is 0 Å². The van der Waals surface area contributed by atoms with Crippen molar-refractivity contribution in [1.82, 2.24) is 0 Å². The second-order valence-corrected chi connectivity index (χ2v) is 3.67. The molecular weight excluding hydrogens is 283 g/mol. The van der Waals surface area contributed by atoms with Gasteiger partial charge < -0.3 is 10.2 Å². The lowest BCUT2D eigenvalue weighted by atomic mass is 10.1. The summed E-state index contributed by atoms with van der Waals surface area (Å²) in [4.78, 5) is 10.5. The molecule has 70 valence electrons. The summed E-state index contributed by atoms with van der Waals surface area (Å²) in [5.74, 6) is -0.951. The Bertz CT molecular complexity index is 323. The van der Waals surface area contributed by atoms with Gasteiger partial charge in [0.05, 0.1) is 5.56 Å². The number of carboxylic acid groups (broad SMARTS) is 1. The van der Waals surface area contributed by atoms with Gasteiger partial charge in [0.25, 0.3) is 0 Å². The van der Waals surface area contributed by atoms with Crippen LogP contribution in [0.4, 0.5) is 0 Å². The molecule has 0 aliphatic heterocycles. The van der Waals surface area contributed by atoms with Crippen LogP contribution in [0.25, 0.3) is 0 Å². The van der Waals surface area contributed by atoms with Crippen LogP contribution in [0.15, 0.2) is 18.2 Å². The fraction of sp³-hybridized carbons (Fsp3) is 0.222. The van der Waals surface area contributed by atoms with Crippen LogP contribution in [0.5, 0.6) is 5.75 Å². The van der Waals surface area contributed by atoms with Crippen LogP contribution >= 0.6 is 22.6 Å². The molecule has 0 fully saturated rings. The van der Waals surface area contributed by atoms with Crippen LogP contribution < -0.4 is 0 Å². The van der Waals surface area contributed by atoms with E-state index in [0.29, 0.717) is 0 Å². The molecule has 0 radical (unpaired) electrons. The second kappa shape index (κ2) is 4.45. The van der Waals surface area contributed by atoms with Gasteiger partial charge in [-0.2, -0.15) is 0 Å². The Hall–Kier alpha value is -0.780. The minimum Gasteiger partial charge on any atom is -0.508 e. The average molecular weight is 292 g/mol. The first-order valence-electron chi connectivity index (χ1n) is 3.76. The van der Waals surface area contributed by atoms with Crippen molar-refractivity contribution in [1.29, 1.82) is 0 Å². The molecule has 0 aliphatic carbocycles. The van der Waals surface area contributed by atoms with E-state index in [1.165, 1.54) is 12.1 Å². The summed E-state index contributed by atoms with van der Waals surface area (Å²) >= 11 is 2.20. The largest absolute Gasteiger partial charge is 0.508 e. The van der Waals surface area contributed by atoms with Crippen molar-refractivity contribution in [3.8, 4) is 5.75 Å². The quantitative estimate of drug-likeness (QED) is 0.662. The summed E-state index contributed by atoms with van der Waals surface area (Å²) in [6.07, 6.45) is 0.756. The molecule has 1 aromatic rings. The molecule has 0 bridgehead atoms. The smallest absolute Gasteiger partial charge is 0.335 e. The van der Waals surface area contributed by atoms with Gasteiger partial charge in [0.2, 0.25) is 0 Å². The number of hydrogen-bond acceptors (Lipinski definition) is 2. The Balaban J connectivity index is 2.98. The maximum absolute atomic E-state index is 10.5. The fourth-order valence-corrected chi connectivity index (χ4v) is 1.59. The maximum Gasteiger partial charge on any atom is 0.335 e. The van der Waals surface area contributed by atoms with E-state index in [2.05, 4.69) is 22.6 Å². The number of carbonyl (C=O) groups is 1. The minimum absolute atomic E-state index is 0.0663. The van der Waals surface area contributed by atoms with Crippen LogP contribution in [0.2, 0.25) is 0 Å². The van der Waals surface area contributed by atoms with Crippen LogP contribution in [0.3, 0.4) is 0 Å². The number of rotatable bonds is 3. The van der Waals surface area contributed by atoms with Gasteiger partial charge in [0.15, 0.2) is 0 Å². The number of aromatic carboxylic acids is 1. The molecule has 0 aliphatic rings. The van der Waals surface area contributed by atoms with E-state index >= 15 is 0 Å². The predicted molar refractivity (Wildman–Crippen MR) is 57.7 cm³/mol. The topological polar surface area (TPSA) is 57.5 Å². The molecule has 0 saturated carbocycles. The lowest BCUT2D eigenvalue weighted by Gasteiger charge is -2.02. The van der Waals surface area contributed by atoms with Crippen LogP contribution in [-0.2, 0) is 6.42 Å². The summed E-state index contributed by atoms with van der Waals surface area (Å²) in [5.41, 5.74) is 0.911. The maximum atomic E-state index is 10.5. The van der Waals surface area contributed by atoms with Gasteiger partial charge in [-0.3, -0.25) is 0 Å². The third-order valence-corrected chi connectivity index (χ3v) is 2.24. The number of hydrogen-bond donors (Lipinski definition) is 2. The fourth-order valence-electron chi connectivity index (χ4n) is 1.01. The molecule has 0 atom stereocenters. The van der Waals surface area contributed by atoms with E-state index in [-0.39, 0.29) is 11.3 Å². The molecule has 13 heavy (non-hydrogen) atoms. The third kappa shape index (κ3) is 2.58. The molecule has 0 amide bonds. The summed E-state index contributed by atoms with van der Waals surface area (Å²) in [6, 6.07) is 4.44. The van der Waals surface area contributed by atoms with Crippen molar-refractivity contribution < 1.29 is 15.0 Å². The Morgan fingerprint density at radius 3 is 2.62 bits per heavy atom. The van der Waals surface area contributed by atoms with E-state index in [0.717, 1.165) is 16.4 Å². The third-order valence-electron chi connectivity index (χ3n) is 1.70. The van der Waals surface area contributed by atoms with Crippen LogP contribution in [0.1, 0.15) is 15.9 Å². The molecule has 3 nitrogen and oxygen atoms in total. The molecule has 4 heteroatoms. The van der Waals surface area contributed by atoms with Crippen molar-refractivity contribution in [2.24, 2.45) is 0 Å². The molecule has 1 aromatic carbocycles. The van der Waals surface area contributed by atoms with Crippen molar-refractivity contribution >= 4 is 28.6 Å². The highest BCUT2D eigenvalue weighted by Gasteiger charge is 2.06. The molecule has 2 N–H and O–H groups in total. The van der Waals surface area contributed by atoms with Crippen molar-refractivity contribution in [2.45, 2.75) is 6.42 Å². The Morgan fingerprint density at radius 2 is 2.15 bits per heavy atom. The van der Waals surface area contributed by atoms with E-state index < -0.39 is 5.97 Å². The zero-order valence-electron chi connectivity index (χ0n) is 6.83. The number of carboxylic acids is 1. The van der Waals surface area contributed by atoms with E-state index in [1.54, 1.807) is 6.07 Å². The summed E-state index contributed by atoms with van der Waals surface area (Å²) in [6.45, 7) is 0. The molecular formula is C9H9IO3. The number of benzene rings is 1. The molecule has 0 saturated heterocycles. The SMILES string of the molecule is O=C(O)c1ccc(CCI)c(O)c1. The highest BCUT2D eigenvalue weighted by Crippen LogP contribution is 2.19. The lowest BCUT2D eigenvalue weighted by molar-refractivity contribution is 0.0696. The molecule has 0 heterocycles. The molecule has 1 rings (SSSR count). The van der Waals surface area contributed by atoms with Crippen molar-refractivity contribution in [2.75, 3.05) is 4.43 Å². The predicted octanol–water partition coefficient (Wildman–Crippen LogP) is 2.07. The number of halogens is 1. The molecule has 0 unspecified atom stereocenters. The zero-order chi connectivity index (χ0) is 9.84. The van der Waals surface area contributed by atoms with Crippen LogP contribution in [0, 0.1) is 0 Å². The molecule has 0 aromatic heterocycles. The van der Waals surface area contributed by atoms with Crippen molar-refractivity contribution in [3.05, 3.63) is 29.3 Å². The Morgan fingerprint density at radius 1 is 1.46 bits per heavy atom. The van der Waals surface area contributed by atoms with E-state index in [1.807, 2.05) is 0 Å². The Kier molecular flexibility index (Phi) is 3.53. The van der Waals surface area contributed by atoms with E-state index in [9.17, 15) is 9.90 Å². The summed E-state index contributed by atoms with van der Waals surface area (Å²) in [5, 5.41) is 18.0. The highest BCUT2D eigenvalue weighted by molar-refractivity contribution is 14.1. The Labute approximate surface area is 89.5 Å².